The van der Waals surface area contributed by atoms with Crippen molar-refractivity contribution in [3.05, 3.63) is 0 Å². The van der Waals surface area contributed by atoms with Crippen LogP contribution in [0.3, 0.4) is 0 Å². The molecule has 0 bridgehead atoms. The van der Waals surface area contributed by atoms with Gasteiger partial charge in [-0.05, 0) is 20.3 Å². The van der Waals surface area contributed by atoms with E-state index >= 15 is 0 Å². The van der Waals surface area contributed by atoms with Gasteiger partial charge in [0.05, 0.1) is 0 Å². The van der Waals surface area contributed by atoms with Gasteiger partial charge in [0.2, 0.25) is 0 Å². The summed E-state index contributed by atoms with van der Waals surface area (Å²) >= 11 is 0. The van der Waals surface area contributed by atoms with E-state index in [1.165, 1.54) is 32.1 Å². The van der Waals surface area contributed by atoms with Crippen molar-refractivity contribution < 1.29 is 5.11 Å². The summed E-state index contributed by atoms with van der Waals surface area (Å²) in [5, 5.41) is 9.28. The van der Waals surface area contributed by atoms with Crippen LogP contribution in [0, 0.1) is 11.8 Å². The Labute approximate surface area is 82.5 Å². The van der Waals surface area contributed by atoms with Crippen molar-refractivity contribution in [1.29, 1.82) is 0 Å². The summed E-state index contributed by atoms with van der Waals surface area (Å²) in [5.74, 6) is 5.82. The van der Waals surface area contributed by atoms with Crippen LogP contribution in [0.1, 0.15) is 59.3 Å². The van der Waals surface area contributed by atoms with Gasteiger partial charge in [0.15, 0.2) is 0 Å². The van der Waals surface area contributed by atoms with Crippen LogP contribution in [0.5, 0.6) is 0 Å². The first-order valence-electron chi connectivity index (χ1n) is 5.28. The summed E-state index contributed by atoms with van der Waals surface area (Å²) in [6, 6.07) is 0. The third-order valence-corrected chi connectivity index (χ3v) is 1.80. The first-order chi connectivity index (χ1) is 6.06. The monoisotopic (exact) mass is 182 g/mol. The Morgan fingerprint density at radius 1 is 1.08 bits per heavy atom. The van der Waals surface area contributed by atoms with E-state index in [1.54, 1.807) is 13.8 Å². The van der Waals surface area contributed by atoms with Crippen molar-refractivity contribution in [3.63, 3.8) is 0 Å². The Kier molecular flexibility index (Phi) is 6.72. The van der Waals surface area contributed by atoms with Crippen LogP contribution in [0.15, 0.2) is 0 Å². The Hall–Kier alpha value is -0.480. The summed E-state index contributed by atoms with van der Waals surface area (Å²) in [5.41, 5.74) is -0.816. The van der Waals surface area contributed by atoms with Gasteiger partial charge in [-0.2, -0.15) is 0 Å². The summed E-state index contributed by atoms with van der Waals surface area (Å²) in [4.78, 5) is 0. The molecule has 0 aromatic heterocycles. The van der Waals surface area contributed by atoms with Gasteiger partial charge < -0.3 is 5.11 Å². The zero-order chi connectivity index (χ0) is 10.2. The molecule has 0 radical (unpaired) electrons. The number of aliphatic hydroxyl groups is 1. The molecular weight excluding hydrogens is 160 g/mol. The molecule has 0 aliphatic carbocycles. The lowest BCUT2D eigenvalue weighted by atomic mass is 10.1. The van der Waals surface area contributed by atoms with E-state index < -0.39 is 5.60 Å². The van der Waals surface area contributed by atoms with Crippen LogP contribution >= 0.6 is 0 Å². The lowest BCUT2D eigenvalue weighted by Crippen LogP contribution is -2.14. The predicted molar refractivity (Wildman–Crippen MR) is 57.4 cm³/mol. The quantitative estimate of drug-likeness (QED) is 0.511. The Balaban J connectivity index is 3.28. The molecule has 0 unspecified atom stereocenters. The highest BCUT2D eigenvalue weighted by Crippen LogP contribution is 2.04. The molecule has 0 aliphatic rings. The lowest BCUT2D eigenvalue weighted by Gasteiger charge is -2.05. The third-order valence-electron chi connectivity index (χ3n) is 1.80. The molecule has 0 heterocycles. The fraction of sp³-hybridized carbons (Fsp3) is 0.833. The molecule has 0 fully saturated rings. The average molecular weight is 182 g/mol. The molecule has 0 spiro atoms. The second-order valence-electron chi connectivity index (χ2n) is 4.03. The molecule has 1 nitrogen and oxygen atoms in total. The predicted octanol–water partition coefficient (Wildman–Crippen LogP) is 3.12. The number of hydrogen-bond donors (Lipinski definition) is 1. The fourth-order valence-corrected chi connectivity index (χ4v) is 1.10. The molecule has 0 amide bonds. The number of unbranched alkanes of at least 4 members (excludes halogenated alkanes) is 5. The van der Waals surface area contributed by atoms with E-state index in [9.17, 15) is 5.11 Å². The number of rotatable bonds is 5. The zero-order valence-corrected chi connectivity index (χ0v) is 9.19. The van der Waals surface area contributed by atoms with Crippen molar-refractivity contribution >= 4 is 0 Å². The van der Waals surface area contributed by atoms with Crippen LogP contribution < -0.4 is 0 Å². The van der Waals surface area contributed by atoms with Crippen molar-refractivity contribution in [3.8, 4) is 11.8 Å². The summed E-state index contributed by atoms with van der Waals surface area (Å²) in [6.45, 7) is 5.66. The molecule has 76 valence electrons. The molecule has 1 heteroatoms. The van der Waals surface area contributed by atoms with Gasteiger partial charge >= 0.3 is 0 Å². The SMILES string of the molecule is CCCCCCCC#CC(C)(C)O. The first kappa shape index (κ1) is 12.5. The third kappa shape index (κ3) is 11.5. The Morgan fingerprint density at radius 2 is 1.69 bits per heavy atom. The average Bonchev–Trinajstić information content (AvgIpc) is 2.01. The summed E-state index contributed by atoms with van der Waals surface area (Å²) in [6.07, 6.45) is 7.31. The van der Waals surface area contributed by atoms with Crippen LogP contribution in [0.4, 0.5) is 0 Å². The van der Waals surface area contributed by atoms with Crippen LogP contribution in [0.25, 0.3) is 0 Å². The molecule has 1 N–H and O–H groups in total. The van der Waals surface area contributed by atoms with Gasteiger partial charge in [-0.25, -0.2) is 0 Å². The van der Waals surface area contributed by atoms with Gasteiger partial charge in [0.25, 0.3) is 0 Å². The molecule has 0 aliphatic heterocycles. The fourth-order valence-electron chi connectivity index (χ4n) is 1.10. The molecule has 0 aromatic rings. The largest absolute Gasteiger partial charge is 0.378 e. The van der Waals surface area contributed by atoms with E-state index in [2.05, 4.69) is 18.8 Å². The second kappa shape index (κ2) is 6.97. The standard InChI is InChI=1S/C12H22O/c1-4-5-6-7-8-9-10-11-12(2,3)13/h13H,4-9H2,1-3H3. The maximum Gasteiger partial charge on any atom is 0.119 e. The molecule has 0 rings (SSSR count). The minimum Gasteiger partial charge on any atom is -0.378 e. The minimum atomic E-state index is -0.816. The summed E-state index contributed by atoms with van der Waals surface area (Å²) in [7, 11) is 0. The molecule has 0 saturated carbocycles. The Morgan fingerprint density at radius 3 is 2.23 bits per heavy atom. The molecule has 0 atom stereocenters. The van der Waals surface area contributed by atoms with E-state index in [-0.39, 0.29) is 0 Å². The van der Waals surface area contributed by atoms with Crippen molar-refractivity contribution in [2.45, 2.75) is 64.9 Å². The maximum atomic E-state index is 9.28. The van der Waals surface area contributed by atoms with Gasteiger partial charge in [-0.1, -0.05) is 38.5 Å². The Bertz CT molecular complexity index is 166. The van der Waals surface area contributed by atoms with Crippen LogP contribution in [-0.4, -0.2) is 10.7 Å². The lowest BCUT2D eigenvalue weighted by molar-refractivity contribution is 0.143. The molecular formula is C12H22O. The maximum absolute atomic E-state index is 9.28. The first-order valence-corrected chi connectivity index (χ1v) is 5.28. The highest BCUT2D eigenvalue weighted by Gasteiger charge is 2.04. The highest BCUT2D eigenvalue weighted by molar-refractivity contribution is 5.09. The van der Waals surface area contributed by atoms with Gasteiger partial charge in [-0.15, -0.1) is 5.92 Å². The smallest absolute Gasteiger partial charge is 0.119 e. The van der Waals surface area contributed by atoms with Crippen LogP contribution in [0.2, 0.25) is 0 Å². The van der Waals surface area contributed by atoms with Crippen molar-refractivity contribution in [2.75, 3.05) is 0 Å². The van der Waals surface area contributed by atoms with Gasteiger partial charge in [0, 0.05) is 6.42 Å². The highest BCUT2D eigenvalue weighted by atomic mass is 16.3. The zero-order valence-electron chi connectivity index (χ0n) is 9.19. The van der Waals surface area contributed by atoms with E-state index in [0.29, 0.717) is 0 Å². The second-order valence-corrected chi connectivity index (χ2v) is 4.03. The van der Waals surface area contributed by atoms with Crippen molar-refractivity contribution in [1.82, 2.24) is 0 Å². The van der Waals surface area contributed by atoms with Crippen molar-refractivity contribution in [2.24, 2.45) is 0 Å². The summed E-state index contributed by atoms with van der Waals surface area (Å²) < 4.78 is 0. The van der Waals surface area contributed by atoms with E-state index in [0.717, 1.165) is 6.42 Å². The number of hydrogen-bond acceptors (Lipinski definition) is 1. The van der Waals surface area contributed by atoms with E-state index in [1.807, 2.05) is 0 Å². The van der Waals surface area contributed by atoms with Crippen LogP contribution in [-0.2, 0) is 0 Å². The minimum absolute atomic E-state index is 0.816. The molecule has 0 aromatic carbocycles. The molecule has 13 heavy (non-hydrogen) atoms. The van der Waals surface area contributed by atoms with E-state index in [4.69, 9.17) is 0 Å². The van der Waals surface area contributed by atoms with Gasteiger partial charge in [-0.3, -0.25) is 0 Å². The molecule has 0 saturated heterocycles. The van der Waals surface area contributed by atoms with Gasteiger partial charge in [0.1, 0.15) is 5.60 Å². The topological polar surface area (TPSA) is 20.2 Å². The normalized spacial score (nSPS) is 10.8.